The van der Waals surface area contributed by atoms with Gasteiger partial charge < -0.3 is 4.90 Å². The number of benzene rings is 1. The Hall–Kier alpha value is -0.520. The van der Waals surface area contributed by atoms with Crippen LogP contribution in [0.2, 0.25) is 9.36 Å². The Kier molecular flexibility index (Phi) is 10.1. The van der Waals surface area contributed by atoms with Gasteiger partial charge in [-0.15, -0.1) is 11.3 Å². The number of hydrogen-bond donors (Lipinski definition) is 0. The molecule has 2 nitrogen and oxygen atoms in total. The lowest BCUT2D eigenvalue weighted by Crippen LogP contribution is -2.42. The van der Waals surface area contributed by atoms with E-state index in [-0.39, 0.29) is 0 Å². The summed E-state index contributed by atoms with van der Waals surface area (Å²) in [6.07, 6.45) is 8.18. The van der Waals surface area contributed by atoms with E-state index >= 15 is 0 Å². The number of halogens is 2. The van der Waals surface area contributed by atoms with Crippen LogP contribution in [0.1, 0.15) is 61.3 Å². The topological polar surface area (TPSA) is 20.3 Å². The van der Waals surface area contributed by atoms with Crippen molar-refractivity contribution in [2.75, 3.05) is 31.1 Å². The molecule has 0 bridgehead atoms. The second-order valence-corrected chi connectivity index (χ2v) is 13.1. The normalized spacial score (nSPS) is 22.5. The molecule has 1 aromatic carbocycles. The van der Waals surface area contributed by atoms with Gasteiger partial charge in [0.05, 0.1) is 4.34 Å². The highest BCUT2D eigenvalue weighted by atomic mass is 35.5. The fraction of sp³-hybridized carbons (Fsp3) is 0.593. The predicted octanol–water partition coefficient (Wildman–Crippen LogP) is 7.98. The molecule has 2 atom stereocenters. The monoisotopic (exact) mass is 523 g/mol. The van der Waals surface area contributed by atoms with E-state index in [1.807, 2.05) is 18.2 Å². The number of carbonyl (C=O) groups excluding carboxylic acids is 1. The molecule has 180 valence electrons. The fourth-order valence-corrected chi connectivity index (χ4v) is 7.91. The van der Waals surface area contributed by atoms with Crippen LogP contribution in [-0.2, 0) is 11.2 Å². The van der Waals surface area contributed by atoms with Gasteiger partial charge in [0, 0.05) is 41.7 Å². The van der Waals surface area contributed by atoms with E-state index in [0.29, 0.717) is 30.5 Å². The van der Waals surface area contributed by atoms with Gasteiger partial charge in [-0.25, -0.2) is 0 Å². The minimum Gasteiger partial charge on any atom is -0.302 e. The maximum absolute atomic E-state index is 12.7. The van der Waals surface area contributed by atoms with Crippen LogP contribution in [0.15, 0.2) is 36.4 Å². The molecule has 1 aromatic heterocycles. The smallest absolute Gasteiger partial charge is 0.132 e. The molecule has 0 spiro atoms. The number of thioether (sulfide) groups is 1. The molecule has 2 aliphatic rings. The molecule has 4 rings (SSSR count). The summed E-state index contributed by atoms with van der Waals surface area (Å²) in [6.45, 7) is 3.54. The molecule has 0 unspecified atom stereocenters. The molecule has 0 N–H and O–H groups in total. The highest BCUT2D eigenvalue weighted by molar-refractivity contribution is 7.99. The average molecular weight is 525 g/mol. The van der Waals surface area contributed by atoms with Gasteiger partial charge in [-0.2, -0.15) is 11.8 Å². The number of aryl methyl sites for hydroxylation is 1. The van der Waals surface area contributed by atoms with Gasteiger partial charge in [-0.05, 0) is 98.2 Å². The fourth-order valence-electron chi connectivity index (χ4n) is 5.34. The number of likely N-dealkylation sites (tertiary alicyclic amines) is 1. The first-order valence-electron chi connectivity index (χ1n) is 12.4. The van der Waals surface area contributed by atoms with Crippen LogP contribution >= 0.6 is 46.3 Å². The quantitative estimate of drug-likeness (QED) is 0.314. The van der Waals surface area contributed by atoms with Crippen LogP contribution in [-0.4, -0.2) is 41.8 Å². The summed E-state index contributed by atoms with van der Waals surface area (Å²) in [7, 11) is 0. The van der Waals surface area contributed by atoms with Gasteiger partial charge in [0.1, 0.15) is 5.78 Å². The SMILES string of the molecule is O=C(CCCc1ccc(Cl)cc1)CC[C@@H]1CCN(CC2CCSCC2)C[C@H]1c1ccc(Cl)s1. The van der Waals surface area contributed by atoms with Gasteiger partial charge in [-0.1, -0.05) is 35.3 Å². The lowest BCUT2D eigenvalue weighted by Gasteiger charge is -2.40. The summed E-state index contributed by atoms with van der Waals surface area (Å²) in [4.78, 5) is 16.8. The summed E-state index contributed by atoms with van der Waals surface area (Å²) < 4.78 is 0.878. The molecule has 2 saturated heterocycles. The van der Waals surface area contributed by atoms with E-state index in [4.69, 9.17) is 23.2 Å². The maximum Gasteiger partial charge on any atom is 0.132 e. The second-order valence-electron chi connectivity index (χ2n) is 9.67. The summed E-state index contributed by atoms with van der Waals surface area (Å²) in [6, 6.07) is 12.2. The highest BCUT2D eigenvalue weighted by Gasteiger charge is 2.32. The van der Waals surface area contributed by atoms with E-state index in [9.17, 15) is 4.79 Å². The molecular weight excluding hydrogens is 489 g/mol. The number of nitrogens with zero attached hydrogens (tertiary/aromatic N) is 1. The van der Waals surface area contributed by atoms with Crippen LogP contribution in [0.25, 0.3) is 0 Å². The summed E-state index contributed by atoms with van der Waals surface area (Å²) in [5.74, 6) is 5.01. The molecule has 33 heavy (non-hydrogen) atoms. The highest BCUT2D eigenvalue weighted by Crippen LogP contribution is 2.40. The van der Waals surface area contributed by atoms with Crippen molar-refractivity contribution in [2.45, 2.75) is 57.3 Å². The molecule has 2 aromatic rings. The van der Waals surface area contributed by atoms with Crippen molar-refractivity contribution in [3.8, 4) is 0 Å². The standard InChI is InChI=1S/C27H35Cl2NOS2/c28-23-7-4-20(5-8-23)2-1-3-24(31)9-6-22-12-15-30(18-21-13-16-32-17-14-21)19-25(22)26-10-11-27(29)33-26/h4-5,7-8,10-11,21-22,25H,1-3,6,9,12-19H2/t22-,25-/m1/s1. The van der Waals surface area contributed by atoms with E-state index in [2.05, 4.69) is 34.9 Å². The number of hydrogen-bond acceptors (Lipinski definition) is 4. The molecule has 3 heterocycles. The third-order valence-corrected chi connectivity index (χ3v) is 9.95. The molecule has 0 aliphatic carbocycles. The maximum atomic E-state index is 12.7. The summed E-state index contributed by atoms with van der Waals surface area (Å²) >= 11 is 16.1. The predicted molar refractivity (Wildman–Crippen MR) is 145 cm³/mol. The lowest BCUT2D eigenvalue weighted by atomic mass is 9.80. The molecule has 2 aliphatic heterocycles. The second kappa shape index (κ2) is 13.0. The Bertz CT molecular complexity index is 879. The van der Waals surface area contributed by atoms with Crippen molar-refractivity contribution in [3.05, 3.63) is 56.2 Å². The van der Waals surface area contributed by atoms with Gasteiger partial charge in [0.2, 0.25) is 0 Å². The number of rotatable bonds is 10. The number of ketones is 1. The molecule has 0 radical (unpaired) electrons. The minimum atomic E-state index is 0.411. The van der Waals surface area contributed by atoms with Gasteiger partial charge in [0.25, 0.3) is 0 Å². The van der Waals surface area contributed by atoms with Crippen LogP contribution in [0, 0.1) is 11.8 Å². The van der Waals surface area contributed by atoms with Crippen molar-refractivity contribution in [1.29, 1.82) is 0 Å². The number of piperidine rings is 1. The zero-order valence-corrected chi connectivity index (χ0v) is 22.5. The van der Waals surface area contributed by atoms with Crippen molar-refractivity contribution in [1.82, 2.24) is 4.90 Å². The van der Waals surface area contributed by atoms with Crippen molar-refractivity contribution in [3.63, 3.8) is 0 Å². The number of carbonyl (C=O) groups is 1. The Morgan fingerprint density at radius 3 is 2.52 bits per heavy atom. The van der Waals surface area contributed by atoms with Crippen molar-refractivity contribution in [2.24, 2.45) is 11.8 Å². The van der Waals surface area contributed by atoms with Crippen LogP contribution < -0.4 is 0 Å². The van der Waals surface area contributed by atoms with Gasteiger partial charge in [-0.3, -0.25) is 4.79 Å². The third kappa shape index (κ3) is 8.00. The summed E-state index contributed by atoms with van der Waals surface area (Å²) in [5.41, 5.74) is 1.26. The van der Waals surface area contributed by atoms with Crippen LogP contribution in [0.5, 0.6) is 0 Å². The number of thiophene rings is 1. The van der Waals surface area contributed by atoms with Crippen molar-refractivity contribution < 1.29 is 4.79 Å². The first-order valence-corrected chi connectivity index (χ1v) is 15.1. The largest absolute Gasteiger partial charge is 0.302 e. The van der Waals surface area contributed by atoms with E-state index in [1.165, 1.54) is 54.3 Å². The molecule has 0 saturated carbocycles. The Labute approximate surface area is 217 Å². The average Bonchev–Trinajstić information content (AvgIpc) is 3.26. The number of Topliss-reactive ketones (excluding diaryl/α,β-unsaturated/α-hetero) is 1. The Balaban J connectivity index is 1.27. The molecule has 0 amide bonds. The molecule has 2 fully saturated rings. The summed E-state index contributed by atoms with van der Waals surface area (Å²) in [5, 5.41) is 0.764. The molecule has 6 heteroatoms. The minimum absolute atomic E-state index is 0.411. The van der Waals surface area contributed by atoms with E-state index < -0.39 is 0 Å². The Morgan fingerprint density at radius 2 is 1.79 bits per heavy atom. The van der Waals surface area contributed by atoms with Crippen molar-refractivity contribution >= 4 is 52.1 Å². The third-order valence-electron chi connectivity index (χ3n) is 7.29. The Morgan fingerprint density at radius 1 is 1.00 bits per heavy atom. The van der Waals surface area contributed by atoms with Gasteiger partial charge >= 0.3 is 0 Å². The molecular formula is C27H35Cl2NOS2. The van der Waals surface area contributed by atoms with E-state index in [1.54, 1.807) is 11.3 Å². The van der Waals surface area contributed by atoms with E-state index in [0.717, 1.165) is 41.1 Å². The zero-order valence-electron chi connectivity index (χ0n) is 19.3. The van der Waals surface area contributed by atoms with Crippen LogP contribution in [0.4, 0.5) is 0 Å². The lowest BCUT2D eigenvalue weighted by molar-refractivity contribution is -0.119. The zero-order chi connectivity index (χ0) is 23.0. The first kappa shape index (κ1) is 25.6. The van der Waals surface area contributed by atoms with Gasteiger partial charge in [0.15, 0.2) is 0 Å². The first-order chi connectivity index (χ1) is 16.1. The van der Waals surface area contributed by atoms with Crippen LogP contribution in [0.3, 0.4) is 0 Å².